The number of hydrogen-bond donors (Lipinski definition) is 1. The first-order valence-electron chi connectivity index (χ1n) is 9.54. The molecule has 8 heteroatoms. The topological polar surface area (TPSA) is 87.7 Å². The lowest BCUT2D eigenvalue weighted by molar-refractivity contribution is -0.139. The third-order valence-corrected chi connectivity index (χ3v) is 5.05. The molecule has 2 saturated heterocycles. The highest BCUT2D eigenvalue weighted by Crippen LogP contribution is 2.22. The highest BCUT2D eigenvalue weighted by molar-refractivity contribution is 5.97. The van der Waals surface area contributed by atoms with E-state index in [1.54, 1.807) is 9.80 Å². The largest absolute Gasteiger partial charge is 0.378 e. The fraction of sp³-hybridized carbons (Fsp3) is 0.400. The SMILES string of the molecule is O=C([C@@H]1CCCN1C(=O)c1cnc(Nc2ccccc2)nc1)N1CCOCC1. The highest BCUT2D eigenvalue weighted by atomic mass is 16.5. The molecule has 28 heavy (non-hydrogen) atoms. The second-order valence-electron chi connectivity index (χ2n) is 6.88. The van der Waals surface area contributed by atoms with Gasteiger partial charge in [0.2, 0.25) is 11.9 Å². The maximum absolute atomic E-state index is 12.9. The van der Waals surface area contributed by atoms with Crippen molar-refractivity contribution in [3.63, 3.8) is 0 Å². The molecule has 0 aliphatic carbocycles. The van der Waals surface area contributed by atoms with E-state index in [0.717, 1.165) is 12.1 Å². The first kappa shape index (κ1) is 18.4. The van der Waals surface area contributed by atoms with E-state index in [-0.39, 0.29) is 11.8 Å². The Balaban J connectivity index is 1.43. The maximum atomic E-state index is 12.9. The van der Waals surface area contributed by atoms with Crippen LogP contribution in [0, 0.1) is 0 Å². The molecule has 1 aromatic heterocycles. The molecular weight excluding hydrogens is 358 g/mol. The van der Waals surface area contributed by atoms with Crippen LogP contribution < -0.4 is 5.32 Å². The molecule has 2 fully saturated rings. The van der Waals surface area contributed by atoms with Crippen LogP contribution >= 0.6 is 0 Å². The van der Waals surface area contributed by atoms with Crippen molar-refractivity contribution in [1.82, 2.24) is 19.8 Å². The van der Waals surface area contributed by atoms with Crippen LogP contribution in [0.4, 0.5) is 11.6 Å². The van der Waals surface area contributed by atoms with E-state index < -0.39 is 6.04 Å². The molecule has 0 spiro atoms. The summed E-state index contributed by atoms with van der Waals surface area (Å²) in [6, 6.07) is 9.17. The zero-order valence-electron chi connectivity index (χ0n) is 15.6. The molecular formula is C20H23N5O3. The van der Waals surface area contributed by atoms with Gasteiger partial charge in [-0.1, -0.05) is 18.2 Å². The van der Waals surface area contributed by atoms with E-state index in [2.05, 4.69) is 15.3 Å². The Kier molecular flexibility index (Phi) is 5.48. The van der Waals surface area contributed by atoms with Gasteiger partial charge in [0.15, 0.2) is 0 Å². The average Bonchev–Trinajstić information content (AvgIpc) is 3.24. The van der Waals surface area contributed by atoms with Crippen molar-refractivity contribution in [3.8, 4) is 0 Å². The number of carbonyl (C=O) groups is 2. The predicted octanol–water partition coefficient (Wildman–Crippen LogP) is 1.68. The minimum absolute atomic E-state index is 0.0115. The van der Waals surface area contributed by atoms with Crippen LogP contribution in [0.25, 0.3) is 0 Å². The van der Waals surface area contributed by atoms with Crippen molar-refractivity contribution in [2.24, 2.45) is 0 Å². The number of likely N-dealkylation sites (tertiary alicyclic amines) is 1. The van der Waals surface area contributed by atoms with E-state index >= 15 is 0 Å². The second kappa shape index (κ2) is 8.35. The number of morpholine rings is 1. The number of aromatic nitrogens is 2. The molecule has 2 amide bonds. The lowest BCUT2D eigenvalue weighted by Crippen LogP contribution is -2.51. The van der Waals surface area contributed by atoms with E-state index in [1.165, 1.54) is 12.4 Å². The Labute approximate surface area is 163 Å². The van der Waals surface area contributed by atoms with Crippen molar-refractivity contribution >= 4 is 23.5 Å². The molecule has 0 bridgehead atoms. The quantitative estimate of drug-likeness (QED) is 0.867. The summed E-state index contributed by atoms with van der Waals surface area (Å²) in [5.41, 5.74) is 1.26. The van der Waals surface area contributed by atoms with Gasteiger partial charge in [0.1, 0.15) is 6.04 Å². The Bertz CT molecular complexity index is 821. The average molecular weight is 381 g/mol. The van der Waals surface area contributed by atoms with Gasteiger partial charge in [-0.3, -0.25) is 9.59 Å². The van der Waals surface area contributed by atoms with Crippen molar-refractivity contribution in [3.05, 3.63) is 48.3 Å². The van der Waals surface area contributed by atoms with Gasteiger partial charge in [-0.05, 0) is 25.0 Å². The summed E-state index contributed by atoms with van der Waals surface area (Å²) in [7, 11) is 0. The van der Waals surface area contributed by atoms with Gasteiger partial charge in [0.05, 0.1) is 18.8 Å². The van der Waals surface area contributed by atoms with E-state index in [0.29, 0.717) is 50.8 Å². The van der Waals surface area contributed by atoms with Crippen molar-refractivity contribution < 1.29 is 14.3 Å². The number of amides is 2. The summed E-state index contributed by atoms with van der Waals surface area (Å²) < 4.78 is 5.31. The minimum atomic E-state index is -0.410. The van der Waals surface area contributed by atoms with Crippen LogP contribution in [0.15, 0.2) is 42.7 Å². The van der Waals surface area contributed by atoms with Gasteiger partial charge in [-0.25, -0.2) is 9.97 Å². The number of ether oxygens (including phenoxy) is 1. The molecule has 8 nitrogen and oxygen atoms in total. The van der Waals surface area contributed by atoms with Gasteiger partial charge < -0.3 is 19.9 Å². The zero-order valence-corrected chi connectivity index (χ0v) is 15.6. The van der Waals surface area contributed by atoms with E-state index in [9.17, 15) is 9.59 Å². The fourth-order valence-corrected chi connectivity index (χ4v) is 3.58. The maximum Gasteiger partial charge on any atom is 0.257 e. The van der Waals surface area contributed by atoms with E-state index in [4.69, 9.17) is 4.74 Å². The monoisotopic (exact) mass is 381 g/mol. The van der Waals surface area contributed by atoms with Crippen molar-refractivity contribution in [1.29, 1.82) is 0 Å². The Morgan fingerprint density at radius 2 is 1.75 bits per heavy atom. The number of rotatable bonds is 4. The smallest absolute Gasteiger partial charge is 0.257 e. The van der Waals surface area contributed by atoms with Crippen LogP contribution in [-0.2, 0) is 9.53 Å². The summed E-state index contributed by atoms with van der Waals surface area (Å²) in [5, 5.41) is 3.09. The molecule has 1 N–H and O–H groups in total. The van der Waals surface area contributed by atoms with Crippen LogP contribution in [0.5, 0.6) is 0 Å². The van der Waals surface area contributed by atoms with Crippen LogP contribution in [-0.4, -0.2) is 70.5 Å². The summed E-state index contributed by atoms with van der Waals surface area (Å²) in [6.07, 6.45) is 4.53. The molecule has 1 atom stereocenters. The van der Waals surface area contributed by atoms with Gasteiger partial charge in [0.25, 0.3) is 5.91 Å². The van der Waals surface area contributed by atoms with Gasteiger partial charge >= 0.3 is 0 Å². The molecule has 0 radical (unpaired) electrons. The van der Waals surface area contributed by atoms with Gasteiger partial charge in [-0.15, -0.1) is 0 Å². The van der Waals surface area contributed by atoms with Crippen LogP contribution in [0.2, 0.25) is 0 Å². The first-order valence-corrected chi connectivity index (χ1v) is 9.54. The zero-order chi connectivity index (χ0) is 19.3. The van der Waals surface area contributed by atoms with E-state index in [1.807, 2.05) is 30.3 Å². The predicted molar refractivity (Wildman–Crippen MR) is 103 cm³/mol. The number of carbonyl (C=O) groups excluding carboxylic acids is 2. The number of nitrogens with zero attached hydrogens (tertiary/aromatic N) is 4. The first-order chi connectivity index (χ1) is 13.7. The lowest BCUT2D eigenvalue weighted by Gasteiger charge is -2.32. The van der Waals surface area contributed by atoms with Gasteiger partial charge in [-0.2, -0.15) is 0 Å². The standard InChI is InChI=1S/C20H23N5O3/c26-18(15-13-21-20(22-14-15)23-16-5-2-1-3-6-16)25-8-4-7-17(25)19(27)24-9-11-28-12-10-24/h1-3,5-6,13-14,17H,4,7-12H2,(H,21,22,23)/t17-/m0/s1. The molecule has 3 heterocycles. The molecule has 0 saturated carbocycles. The molecule has 1 aromatic carbocycles. The Hall–Kier alpha value is -3.00. The summed E-state index contributed by atoms with van der Waals surface area (Å²) >= 11 is 0. The molecule has 4 rings (SSSR count). The second-order valence-corrected chi connectivity index (χ2v) is 6.88. The summed E-state index contributed by atoms with van der Waals surface area (Å²) in [4.78, 5) is 37.7. The normalized spacial score (nSPS) is 19.5. The Morgan fingerprint density at radius 1 is 1.04 bits per heavy atom. The lowest BCUT2D eigenvalue weighted by atomic mass is 10.1. The van der Waals surface area contributed by atoms with Crippen LogP contribution in [0.3, 0.4) is 0 Å². The summed E-state index contributed by atoms with van der Waals surface area (Å²) in [6.45, 7) is 2.84. The molecule has 0 unspecified atom stereocenters. The van der Waals surface area contributed by atoms with Crippen molar-refractivity contribution in [2.75, 3.05) is 38.2 Å². The number of benzene rings is 1. The fourth-order valence-electron chi connectivity index (χ4n) is 3.58. The third-order valence-electron chi connectivity index (χ3n) is 5.05. The minimum Gasteiger partial charge on any atom is -0.378 e. The molecule has 2 aliphatic heterocycles. The van der Waals surface area contributed by atoms with Gasteiger partial charge in [0, 0.05) is 37.7 Å². The number of hydrogen-bond acceptors (Lipinski definition) is 6. The summed E-state index contributed by atoms with van der Waals surface area (Å²) in [5.74, 6) is 0.234. The number of para-hydroxylation sites is 1. The molecule has 2 aromatic rings. The highest BCUT2D eigenvalue weighted by Gasteiger charge is 2.37. The Morgan fingerprint density at radius 3 is 2.46 bits per heavy atom. The molecule has 2 aliphatic rings. The van der Waals surface area contributed by atoms with Crippen LogP contribution in [0.1, 0.15) is 23.2 Å². The molecule has 146 valence electrons. The number of nitrogens with one attached hydrogen (secondary N) is 1. The van der Waals surface area contributed by atoms with Crippen molar-refractivity contribution in [2.45, 2.75) is 18.9 Å². The number of anilines is 2. The third kappa shape index (κ3) is 3.96.